The highest BCUT2D eigenvalue weighted by molar-refractivity contribution is 9.10. The lowest BCUT2D eigenvalue weighted by Crippen LogP contribution is -2.26. The molecule has 1 aromatic carbocycles. The van der Waals surface area contributed by atoms with Gasteiger partial charge in [-0.05, 0) is 53.0 Å². The second kappa shape index (κ2) is 9.16. The maximum absolute atomic E-state index is 11.9. The topological polar surface area (TPSA) is 82.3 Å². The molecule has 0 bridgehead atoms. The molecule has 0 fully saturated rings. The fourth-order valence-corrected chi connectivity index (χ4v) is 1.94. The summed E-state index contributed by atoms with van der Waals surface area (Å²) in [6.45, 7) is 3.59. The van der Waals surface area contributed by atoms with E-state index in [0.717, 1.165) is 0 Å². The average molecular weight is 353 g/mol. The summed E-state index contributed by atoms with van der Waals surface area (Å²) in [5.74, 6) is -0.316. The minimum Gasteiger partial charge on any atom is -0.507 e. The molecule has 5 nitrogen and oxygen atoms in total. The average Bonchev–Trinajstić information content (AvgIpc) is 2.48. The van der Waals surface area contributed by atoms with Gasteiger partial charge in [-0.15, -0.1) is 0 Å². The molecular formula is C15H17BrN2O3. The number of hydrogen-bond acceptors (Lipinski definition) is 4. The predicted octanol–water partition coefficient (Wildman–Crippen LogP) is 2.60. The molecular weight excluding hydrogens is 336 g/mol. The molecule has 1 amide bonds. The number of rotatable bonds is 7. The van der Waals surface area contributed by atoms with Crippen molar-refractivity contribution in [2.75, 3.05) is 19.8 Å². The lowest BCUT2D eigenvalue weighted by molar-refractivity contribution is -0.117. The van der Waals surface area contributed by atoms with Crippen LogP contribution in [0.25, 0.3) is 6.08 Å². The fraction of sp³-hybridized carbons (Fsp3) is 0.333. The summed E-state index contributed by atoms with van der Waals surface area (Å²) in [6, 6.07) is 6.63. The van der Waals surface area contributed by atoms with Crippen LogP contribution in [0.1, 0.15) is 18.9 Å². The predicted molar refractivity (Wildman–Crippen MR) is 83.5 cm³/mol. The summed E-state index contributed by atoms with van der Waals surface area (Å²) in [5.41, 5.74) is 0.671. The molecule has 6 heteroatoms. The lowest BCUT2D eigenvalue weighted by Gasteiger charge is -2.05. The molecule has 0 aliphatic heterocycles. The fourth-order valence-electron chi connectivity index (χ4n) is 1.54. The molecule has 0 aromatic heterocycles. The molecule has 0 aliphatic rings. The molecule has 0 radical (unpaired) electrons. The van der Waals surface area contributed by atoms with Crippen LogP contribution in [0.5, 0.6) is 5.75 Å². The summed E-state index contributed by atoms with van der Waals surface area (Å²) < 4.78 is 5.67. The van der Waals surface area contributed by atoms with E-state index in [4.69, 9.17) is 10.00 Å². The van der Waals surface area contributed by atoms with Crippen LogP contribution in [0.15, 0.2) is 28.2 Å². The van der Waals surface area contributed by atoms with Gasteiger partial charge in [0.1, 0.15) is 17.4 Å². The van der Waals surface area contributed by atoms with E-state index in [9.17, 15) is 9.90 Å². The van der Waals surface area contributed by atoms with Crippen molar-refractivity contribution in [2.45, 2.75) is 13.3 Å². The number of halogens is 1. The normalized spacial score (nSPS) is 11.0. The highest BCUT2D eigenvalue weighted by Crippen LogP contribution is 2.25. The summed E-state index contributed by atoms with van der Waals surface area (Å²) in [7, 11) is 0. The van der Waals surface area contributed by atoms with E-state index >= 15 is 0 Å². The Kier molecular flexibility index (Phi) is 7.51. The van der Waals surface area contributed by atoms with Crippen molar-refractivity contribution < 1.29 is 14.6 Å². The Labute approximate surface area is 132 Å². The van der Waals surface area contributed by atoms with Crippen molar-refractivity contribution in [3.63, 3.8) is 0 Å². The van der Waals surface area contributed by atoms with Gasteiger partial charge in [0, 0.05) is 19.8 Å². The number of hydrogen-bond donors (Lipinski definition) is 2. The Morgan fingerprint density at radius 2 is 2.33 bits per heavy atom. The Bertz CT molecular complexity index is 565. The molecule has 2 N–H and O–H groups in total. The van der Waals surface area contributed by atoms with Gasteiger partial charge in [-0.25, -0.2) is 0 Å². The van der Waals surface area contributed by atoms with Gasteiger partial charge in [0.25, 0.3) is 5.91 Å². The van der Waals surface area contributed by atoms with Crippen LogP contribution in [-0.4, -0.2) is 30.8 Å². The smallest absolute Gasteiger partial charge is 0.261 e. The van der Waals surface area contributed by atoms with Gasteiger partial charge in [-0.2, -0.15) is 5.26 Å². The van der Waals surface area contributed by atoms with E-state index in [1.54, 1.807) is 12.1 Å². The molecule has 0 aliphatic carbocycles. The monoisotopic (exact) mass is 352 g/mol. The Morgan fingerprint density at radius 1 is 1.57 bits per heavy atom. The van der Waals surface area contributed by atoms with Crippen LogP contribution in [0.2, 0.25) is 0 Å². The molecule has 0 saturated heterocycles. The molecule has 1 rings (SSSR count). The largest absolute Gasteiger partial charge is 0.507 e. The first kappa shape index (κ1) is 17.2. The van der Waals surface area contributed by atoms with Gasteiger partial charge in [0.2, 0.25) is 0 Å². The van der Waals surface area contributed by atoms with Crippen LogP contribution < -0.4 is 5.32 Å². The minimum absolute atomic E-state index is 0.0176. The van der Waals surface area contributed by atoms with Gasteiger partial charge >= 0.3 is 0 Å². The molecule has 0 spiro atoms. The first-order valence-electron chi connectivity index (χ1n) is 6.54. The Balaban J connectivity index is 2.64. The third-order valence-corrected chi connectivity index (χ3v) is 3.24. The van der Waals surface area contributed by atoms with Gasteiger partial charge in [0.05, 0.1) is 4.47 Å². The maximum Gasteiger partial charge on any atom is 0.261 e. The van der Waals surface area contributed by atoms with Crippen LogP contribution in [0.4, 0.5) is 0 Å². The number of phenols is 1. The van der Waals surface area contributed by atoms with Crippen LogP contribution in [0, 0.1) is 11.3 Å². The summed E-state index contributed by atoms with van der Waals surface area (Å²) in [6.07, 6.45) is 2.17. The second-order valence-electron chi connectivity index (χ2n) is 4.19. The zero-order chi connectivity index (χ0) is 15.7. The third kappa shape index (κ3) is 5.98. The van der Waals surface area contributed by atoms with E-state index < -0.39 is 5.91 Å². The highest BCUT2D eigenvalue weighted by Gasteiger charge is 2.08. The quantitative estimate of drug-likeness (QED) is 0.449. The summed E-state index contributed by atoms with van der Waals surface area (Å²) >= 11 is 3.18. The summed E-state index contributed by atoms with van der Waals surface area (Å²) in [5, 5.41) is 21.1. The van der Waals surface area contributed by atoms with Crippen molar-refractivity contribution in [3.05, 3.63) is 33.8 Å². The van der Waals surface area contributed by atoms with Crippen molar-refractivity contribution in [1.29, 1.82) is 5.26 Å². The lowest BCUT2D eigenvalue weighted by atomic mass is 10.1. The number of carbonyl (C=O) groups excluding carboxylic acids is 1. The number of aromatic hydroxyl groups is 1. The SMILES string of the molecule is CCOCCCNC(=O)/C(C#N)=C/c1ccc(O)c(Br)c1. The second-order valence-corrected chi connectivity index (χ2v) is 5.04. The zero-order valence-corrected chi connectivity index (χ0v) is 13.3. The van der Waals surface area contributed by atoms with Crippen molar-refractivity contribution in [1.82, 2.24) is 5.32 Å². The highest BCUT2D eigenvalue weighted by atomic mass is 79.9. The molecule has 21 heavy (non-hydrogen) atoms. The molecule has 0 atom stereocenters. The van der Waals surface area contributed by atoms with Gasteiger partial charge in [-0.1, -0.05) is 6.07 Å². The van der Waals surface area contributed by atoms with Gasteiger partial charge in [-0.3, -0.25) is 4.79 Å². The third-order valence-electron chi connectivity index (χ3n) is 2.60. The standard InChI is InChI=1S/C15H17BrN2O3/c1-2-21-7-3-6-18-15(20)12(10-17)8-11-4-5-14(19)13(16)9-11/h4-5,8-9,19H,2-3,6-7H2,1H3,(H,18,20)/b12-8+. The van der Waals surface area contributed by atoms with Crippen LogP contribution in [-0.2, 0) is 9.53 Å². The maximum atomic E-state index is 11.9. The number of benzene rings is 1. The van der Waals surface area contributed by atoms with Crippen LogP contribution in [0.3, 0.4) is 0 Å². The van der Waals surface area contributed by atoms with Crippen molar-refractivity contribution in [3.8, 4) is 11.8 Å². The Morgan fingerprint density at radius 3 is 2.95 bits per heavy atom. The van der Waals surface area contributed by atoms with E-state index in [0.29, 0.717) is 36.2 Å². The van der Waals surface area contributed by atoms with Gasteiger partial charge < -0.3 is 15.2 Å². The molecule has 112 valence electrons. The van der Waals surface area contributed by atoms with Crippen molar-refractivity contribution in [2.24, 2.45) is 0 Å². The number of nitrogens with one attached hydrogen (secondary N) is 1. The zero-order valence-electron chi connectivity index (χ0n) is 11.7. The number of nitrogens with zero attached hydrogens (tertiary/aromatic N) is 1. The van der Waals surface area contributed by atoms with Gasteiger partial charge in [0.15, 0.2) is 0 Å². The van der Waals surface area contributed by atoms with E-state index in [-0.39, 0.29) is 11.3 Å². The number of phenolic OH excluding ortho intramolecular Hbond substituents is 1. The van der Waals surface area contributed by atoms with Crippen molar-refractivity contribution >= 4 is 27.9 Å². The Hall–Kier alpha value is -1.84. The molecule has 0 saturated carbocycles. The molecule has 0 heterocycles. The van der Waals surface area contributed by atoms with E-state index in [2.05, 4.69) is 21.2 Å². The van der Waals surface area contributed by atoms with E-state index in [1.807, 2.05) is 13.0 Å². The first-order chi connectivity index (χ1) is 10.1. The minimum atomic E-state index is -0.418. The van der Waals surface area contributed by atoms with E-state index in [1.165, 1.54) is 12.1 Å². The molecule has 0 unspecified atom stereocenters. The first-order valence-corrected chi connectivity index (χ1v) is 7.34. The number of ether oxygens (including phenoxy) is 1. The molecule has 1 aromatic rings. The van der Waals surface area contributed by atoms with Crippen LogP contribution >= 0.6 is 15.9 Å². The number of nitriles is 1. The number of carbonyl (C=O) groups is 1. The summed E-state index contributed by atoms with van der Waals surface area (Å²) in [4.78, 5) is 11.9. The number of amides is 1.